The van der Waals surface area contributed by atoms with Crippen molar-refractivity contribution in [2.75, 3.05) is 11.3 Å². The van der Waals surface area contributed by atoms with Gasteiger partial charge in [-0.2, -0.15) is 0 Å². The third-order valence-electron chi connectivity index (χ3n) is 3.47. The van der Waals surface area contributed by atoms with Crippen molar-refractivity contribution in [3.05, 3.63) is 48.3 Å². The van der Waals surface area contributed by atoms with Crippen molar-refractivity contribution < 1.29 is 13.2 Å². The number of nitrogens with one attached hydrogen (secondary N) is 1. The maximum atomic E-state index is 12.8. The zero-order valence-corrected chi connectivity index (χ0v) is 15.4. The SMILES string of the molecule is CCCOc1ccc(C(C)(C)C)cc1S(=O)(=O)Nc1cccnc1. The van der Waals surface area contributed by atoms with Crippen molar-refractivity contribution in [2.24, 2.45) is 0 Å². The summed E-state index contributed by atoms with van der Waals surface area (Å²) in [7, 11) is -3.77. The quantitative estimate of drug-likeness (QED) is 0.858. The summed E-state index contributed by atoms with van der Waals surface area (Å²) >= 11 is 0. The zero-order valence-electron chi connectivity index (χ0n) is 14.5. The van der Waals surface area contributed by atoms with Crippen LogP contribution in [-0.4, -0.2) is 20.0 Å². The standard InChI is InChI=1S/C18H24N2O3S/c1-5-11-23-16-9-8-14(18(2,3)4)12-17(16)24(21,22)20-15-7-6-10-19-13-15/h6-10,12-13,20H,5,11H2,1-4H3. The minimum absolute atomic E-state index is 0.146. The fraction of sp³-hybridized carbons (Fsp3) is 0.389. The second kappa shape index (κ2) is 7.21. The lowest BCUT2D eigenvalue weighted by molar-refractivity contribution is 0.309. The molecule has 0 saturated heterocycles. The molecule has 5 nitrogen and oxygen atoms in total. The molecule has 2 rings (SSSR count). The summed E-state index contributed by atoms with van der Waals surface area (Å²) in [5, 5.41) is 0. The van der Waals surface area contributed by atoms with E-state index >= 15 is 0 Å². The lowest BCUT2D eigenvalue weighted by Gasteiger charge is -2.21. The van der Waals surface area contributed by atoms with Crippen LogP contribution in [0.25, 0.3) is 0 Å². The van der Waals surface area contributed by atoms with Crippen LogP contribution in [0, 0.1) is 0 Å². The van der Waals surface area contributed by atoms with E-state index < -0.39 is 10.0 Å². The highest BCUT2D eigenvalue weighted by molar-refractivity contribution is 7.92. The Morgan fingerprint density at radius 2 is 1.96 bits per heavy atom. The maximum absolute atomic E-state index is 12.8. The Bertz CT molecular complexity index is 782. The summed E-state index contributed by atoms with van der Waals surface area (Å²) in [5.41, 5.74) is 1.18. The fourth-order valence-corrected chi connectivity index (χ4v) is 3.36. The molecule has 1 N–H and O–H groups in total. The average molecular weight is 348 g/mol. The Hall–Kier alpha value is -2.08. The van der Waals surface area contributed by atoms with Crippen LogP contribution in [0.1, 0.15) is 39.7 Å². The summed E-state index contributed by atoms with van der Waals surface area (Å²) in [6, 6.07) is 8.66. The summed E-state index contributed by atoms with van der Waals surface area (Å²) in [5.74, 6) is 0.362. The van der Waals surface area contributed by atoms with Gasteiger partial charge in [0.15, 0.2) is 0 Å². The van der Waals surface area contributed by atoms with Gasteiger partial charge in [-0.15, -0.1) is 0 Å². The van der Waals surface area contributed by atoms with Crippen molar-refractivity contribution in [1.82, 2.24) is 4.98 Å². The number of anilines is 1. The number of aromatic nitrogens is 1. The fourth-order valence-electron chi connectivity index (χ4n) is 2.15. The van der Waals surface area contributed by atoms with Crippen molar-refractivity contribution in [2.45, 2.75) is 44.4 Å². The molecule has 1 aromatic carbocycles. The first-order valence-electron chi connectivity index (χ1n) is 7.94. The molecule has 1 aromatic heterocycles. The van der Waals surface area contributed by atoms with E-state index in [0.717, 1.165) is 12.0 Å². The Balaban J connectivity index is 2.47. The van der Waals surface area contributed by atoms with Gasteiger partial charge in [0.1, 0.15) is 10.6 Å². The van der Waals surface area contributed by atoms with Crippen LogP contribution < -0.4 is 9.46 Å². The molecule has 0 amide bonds. The molecule has 1 heterocycles. The van der Waals surface area contributed by atoms with Gasteiger partial charge in [0.25, 0.3) is 10.0 Å². The number of rotatable bonds is 6. The monoisotopic (exact) mass is 348 g/mol. The Kier molecular flexibility index (Phi) is 5.49. The molecule has 2 aromatic rings. The first-order valence-corrected chi connectivity index (χ1v) is 9.42. The lowest BCUT2D eigenvalue weighted by atomic mass is 9.87. The summed E-state index contributed by atoms with van der Waals surface area (Å²) in [6.07, 6.45) is 3.86. The molecule has 0 bridgehead atoms. The van der Waals surface area contributed by atoms with E-state index in [9.17, 15) is 8.42 Å². The van der Waals surface area contributed by atoms with Gasteiger partial charge in [-0.3, -0.25) is 9.71 Å². The Morgan fingerprint density at radius 1 is 1.21 bits per heavy atom. The molecule has 24 heavy (non-hydrogen) atoms. The molecule has 0 atom stereocenters. The molecule has 0 unspecified atom stereocenters. The zero-order chi connectivity index (χ0) is 17.8. The highest BCUT2D eigenvalue weighted by atomic mass is 32.2. The van der Waals surface area contributed by atoms with Crippen molar-refractivity contribution >= 4 is 15.7 Å². The predicted molar refractivity (Wildman–Crippen MR) is 96.0 cm³/mol. The van der Waals surface area contributed by atoms with Crippen LogP contribution in [0.2, 0.25) is 0 Å². The lowest BCUT2D eigenvalue weighted by Crippen LogP contribution is -2.17. The van der Waals surface area contributed by atoms with Gasteiger partial charge in [-0.1, -0.05) is 33.8 Å². The minimum atomic E-state index is -3.77. The Morgan fingerprint density at radius 3 is 2.54 bits per heavy atom. The Labute approximate surface area is 144 Å². The van der Waals surface area contributed by atoms with Gasteiger partial charge in [0, 0.05) is 6.20 Å². The molecule has 0 aliphatic carbocycles. The molecule has 6 heteroatoms. The first kappa shape index (κ1) is 18.3. The first-order chi connectivity index (χ1) is 11.2. The molecule has 0 fully saturated rings. The molecule has 0 spiro atoms. The second-order valence-corrected chi connectivity index (χ2v) is 8.26. The third kappa shape index (κ3) is 4.47. The normalized spacial score (nSPS) is 12.0. The molecule has 0 saturated carbocycles. The highest BCUT2D eigenvalue weighted by Crippen LogP contribution is 2.32. The van der Waals surface area contributed by atoms with E-state index in [1.54, 1.807) is 30.5 Å². The van der Waals surface area contributed by atoms with Crippen LogP contribution in [0.15, 0.2) is 47.6 Å². The molecular formula is C18H24N2O3S. The van der Waals surface area contributed by atoms with E-state index in [0.29, 0.717) is 18.0 Å². The van der Waals surface area contributed by atoms with Gasteiger partial charge in [0.2, 0.25) is 0 Å². The van der Waals surface area contributed by atoms with E-state index in [-0.39, 0.29) is 10.3 Å². The van der Waals surface area contributed by atoms with Crippen LogP contribution in [-0.2, 0) is 15.4 Å². The van der Waals surface area contributed by atoms with Crippen LogP contribution in [0.3, 0.4) is 0 Å². The molecule has 0 aliphatic heterocycles. The summed E-state index contributed by atoms with van der Waals surface area (Å²) in [6.45, 7) is 8.56. The van der Waals surface area contributed by atoms with E-state index in [1.165, 1.54) is 6.20 Å². The van der Waals surface area contributed by atoms with E-state index in [1.807, 2.05) is 33.8 Å². The van der Waals surface area contributed by atoms with Gasteiger partial charge in [0.05, 0.1) is 18.5 Å². The number of sulfonamides is 1. The van der Waals surface area contributed by atoms with Crippen LogP contribution >= 0.6 is 0 Å². The van der Waals surface area contributed by atoms with Gasteiger partial charge < -0.3 is 4.74 Å². The number of pyridine rings is 1. The summed E-state index contributed by atoms with van der Waals surface area (Å²) < 4.78 is 33.9. The van der Waals surface area contributed by atoms with Gasteiger partial charge in [-0.05, 0) is 41.7 Å². The highest BCUT2D eigenvalue weighted by Gasteiger charge is 2.24. The predicted octanol–water partition coefficient (Wildman–Crippen LogP) is 3.97. The molecule has 0 aliphatic rings. The smallest absolute Gasteiger partial charge is 0.265 e. The van der Waals surface area contributed by atoms with Crippen molar-refractivity contribution in [1.29, 1.82) is 0 Å². The minimum Gasteiger partial charge on any atom is -0.492 e. The number of hydrogen-bond donors (Lipinski definition) is 1. The topological polar surface area (TPSA) is 68.3 Å². The van der Waals surface area contributed by atoms with Gasteiger partial charge >= 0.3 is 0 Å². The van der Waals surface area contributed by atoms with Crippen molar-refractivity contribution in [3.63, 3.8) is 0 Å². The maximum Gasteiger partial charge on any atom is 0.265 e. The molecule has 0 radical (unpaired) electrons. The number of benzene rings is 1. The number of ether oxygens (including phenoxy) is 1. The number of hydrogen-bond acceptors (Lipinski definition) is 4. The summed E-state index contributed by atoms with van der Waals surface area (Å²) in [4.78, 5) is 4.08. The molecular weight excluding hydrogens is 324 g/mol. The van der Waals surface area contributed by atoms with E-state index in [2.05, 4.69) is 9.71 Å². The third-order valence-corrected chi connectivity index (χ3v) is 4.88. The molecule has 130 valence electrons. The van der Waals surface area contributed by atoms with Gasteiger partial charge in [-0.25, -0.2) is 8.42 Å². The van der Waals surface area contributed by atoms with Crippen molar-refractivity contribution in [3.8, 4) is 5.75 Å². The van der Waals surface area contributed by atoms with Crippen LogP contribution in [0.5, 0.6) is 5.75 Å². The average Bonchev–Trinajstić information content (AvgIpc) is 2.52. The largest absolute Gasteiger partial charge is 0.492 e. The number of nitrogens with zero attached hydrogens (tertiary/aromatic N) is 1. The second-order valence-electron chi connectivity index (χ2n) is 6.61. The van der Waals surface area contributed by atoms with Crippen LogP contribution in [0.4, 0.5) is 5.69 Å². The van der Waals surface area contributed by atoms with E-state index in [4.69, 9.17) is 4.74 Å².